The van der Waals surface area contributed by atoms with Crippen molar-refractivity contribution in [1.82, 2.24) is 4.98 Å². The van der Waals surface area contributed by atoms with E-state index < -0.39 is 5.97 Å². The minimum Gasteiger partial charge on any atom is -0.462 e. The van der Waals surface area contributed by atoms with Crippen LogP contribution in [0, 0.1) is 10.8 Å². The molecule has 5 heteroatoms. The van der Waals surface area contributed by atoms with Crippen molar-refractivity contribution < 1.29 is 9.53 Å². The van der Waals surface area contributed by atoms with Crippen molar-refractivity contribution in [1.29, 1.82) is 0 Å². The Morgan fingerprint density at radius 3 is 2.50 bits per heavy atom. The van der Waals surface area contributed by atoms with E-state index in [-0.39, 0.29) is 16.9 Å². The number of nitrogens with one attached hydrogen (secondary N) is 1. The van der Waals surface area contributed by atoms with Crippen LogP contribution in [0.4, 0.5) is 11.5 Å². The summed E-state index contributed by atoms with van der Waals surface area (Å²) in [7, 11) is 0. The third-order valence-electron chi connectivity index (χ3n) is 4.71. The molecule has 1 heterocycles. The van der Waals surface area contributed by atoms with E-state index in [2.05, 4.69) is 38.0 Å². The Morgan fingerprint density at radius 1 is 1.40 bits per heavy atom. The molecule has 1 fully saturated rings. The van der Waals surface area contributed by atoms with Gasteiger partial charge in [0.25, 0.3) is 0 Å². The number of esters is 1. The highest BCUT2D eigenvalue weighted by Crippen LogP contribution is 2.63. The van der Waals surface area contributed by atoms with Gasteiger partial charge in [0.15, 0.2) is 0 Å². The number of aromatic nitrogens is 1. The van der Waals surface area contributed by atoms with Gasteiger partial charge in [0.1, 0.15) is 11.4 Å². The minimum absolute atomic E-state index is 0.155. The van der Waals surface area contributed by atoms with Crippen molar-refractivity contribution in [2.75, 3.05) is 17.7 Å². The Morgan fingerprint density at radius 2 is 2.00 bits per heavy atom. The summed E-state index contributed by atoms with van der Waals surface area (Å²) in [4.78, 5) is 16.2. The highest BCUT2D eigenvalue weighted by molar-refractivity contribution is 5.95. The van der Waals surface area contributed by atoms with E-state index >= 15 is 0 Å². The van der Waals surface area contributed by atoms with Crippen LogP contribution in [-0.2, 0) is 4.74 Å². The summed E-state index contributed by atoms with van der Waals surface area (Å²) in [5.41, 5.74) is 6.87. The molecule has 1 aliphatic rings. The first-order valence-corrected chi connectivity index (χ1v) is 6.91. The van der Waals surface area contributed by atoms with Crippen LogP contribution >= 0.6 is 0 Å². The molecule has 0 amide bonds. The summed E-state index contributed by atoms with van der Waals surface area (Å²) in [5, 5.41) is 3.36. The van der Waals surface area contributed by atoms with Crippen LogP contribution in [-0.4, -0.2) is 23.6 Å². The molecule has 0 spiro atoms. The lowest BCUT2D eigenvalue weighted by molar-refractivity contribution is 0.0527. The zero-order chi connectivity index (χ0) is 15.1. The molecule has 110 valence electrons. The molecule has 0 aromatic carbocycles. The summed E-state index contributed by atoms with van der Waals surface area (Å²) in [5.74, 6) is 0.146. The fourth-order valence-corrected chi connectivity index (χ4v) is 2.65. The third-order valence-corrected chi connectivity index (χ3v) is 4.71. The molecule has 1 aromatic heterocycles. The first-order valence-electron chi connectivity index (χ1n) is 6.91. The predicted molar refractivity (Wildman–Crippen MR) is 79.6 cm³/mol. The van der Waals surface area contributed by atoms with Gasteiger partial charge in [-0.2, -0.15) is 0 Å². The molecular weight excluding hydrogens is 254 g/mol. The van der Waals surface area contributed by atoms with Gasteiger partial charge in [-0.1, -0.05) is 27.7 Å². The average molecular weight is 277 g/mol. The number of hydrogen-bond acceptors (Lipinski definition) is 5. The van der Waals surface area contributed by atoms with E-state index in [1.807, 2.05) is 0 Å². The lowest BCUT2D eigenvalue weighted by Crippen LogP contribution is -2.16. The molecule has 0 saturated heterocycles. The maximum Gasteiger partial charge on any atom is 0.341 e. The van der Waals surface area contributed by atoms with E-state index in [0.717, 1.165) is 0 Å². The maximum absolute atomic E-state index is 12.0. The van der Waals surface area contributed by atoms with Crippen molar-refractivity contribution in [3.8, 4) is 0 Å². The molecule has 1 saturated carbocycles. The topological polar surface area (TPSA) is 77.2 Å². The minimum atomic E-state index is -0.397. The molecule has 5 nitrogen and oxygen atoms in total. The van der Waals surface area contributed by atoms with Crippen molar-refractivity contribution >= 4 is 17.5 Å². The highest BCUT2D eigenvalue weighted by Gasteiger charge is 2.65. The van der Waals surface area contributed by atoms with Crippen LogP contribution < -0.4 is 11.1 Å². The van der Waals surface area contributed by atoms with E-state index in [1.165, 1.54) is 0 Å². The number of carbonyl (C=O) groups excluding carboxylic acids is 1. The van der Waals surface area contributed by atoms with E-state index in [0.29, 0.717) is 23.7 Å². The Hall–Kier alpha value is -1.78. The quantitative estimate of drug-likeness (QED) is 0.827. The van der Waals surface area contributed by atoms with Crippen LogP contribution in [0.2, 0.25) is 0 Å². The number of nitrogens with two attached hydrogens (primary N) is 1. The fourth-order valence-electron chi connectivity index (χ4n) is 2.65. The van der Waals surface area contributed by atoms with Gasteiger partial charge in [0, 0.05) is 6.04 Å². The molecule has 0 aliphatic heterocycles. The largest absolute Gasteiger partial charge is 0.462 e. The number of nitrogens with zero attached hydrogens (tertiary/aromatic N) is 1. The normalized spacial score (nSPS) is 19.4. The molecule has 3 N–H and O–H groups in total. The summed E-state index contributed by atoms with van der Waals surface area (Å²) in [6.07, 6.45) is 1.55. The van der Waals surface area contributed by atoms with Gasteiger partial charge in [0.05, 0.1) is 18.5 Å². The number of pyridine rings is 1. The molecule has 0 unspecified atom stereocenters. The number of rotatable bonds is 4. The first kappa shape index (κ1) is 14.6. The zero-order valence-electron chi connectivity index (χ0n) is 12.8. The second kappa shape index (κ2) is 4.65. The fraction of sp³-hybridized carbons (Fsp3) is 0.600. The Labute approximate surface area is 119 Å². The Kier molecular flexibility index (Phi) is 3.40. The summed E-state index contributed by atoms with van der Waals surface area (Å²) in [6.45, 7) is 10.9. The lowest BCUT2D eigenvalue weighted by Gasteiger charge is -2.12. The lowest BCUT2D eigenvalue weighted by atomic mass is 10.0. The monoisotopic (exact) mass is 277 g/mol. The number of hydrogen-bond donors (Lipinski definition) is 2. The van der Waals surface area contributed by atoms with Gasteiger partial charge in [-0.25, -0.2) is 9.78 Å². The maximum atomic E-state index is 12.0. The average Bonchev–Trinajstić information content (AvgIpc) is 2.74. The number of carbonyl (C=O) groups is 1. The number of ether oxygens (including phenoxy) is 1. The second-order valence-electron chi connectivity index (χ2n) is 6.41. The molecule has 2 rings (SSSR count). The van der Waals surface area contributed by atoms with Gasteiger partial charge in [-0.15, -0.1) is 0 Å². The Balaban J connectivity index is 2.27. The number of anilines is 2. The van der Waals surface area contributed by atoms with Crippen molar-refractivity contribution in [2.45, 2.75) is 40.7 Å². The second-order valence-corrected chi connectivity index (χ2v) is 6.41. The summed E-state index contributed by atoms with van der Waals surface area (Å²) < 4.78 is 5.06. The molecule has 1 aliphatic carbocycles. The Bertz CT molecular complexity index is 524. The van der Waals surface area contributed by atoms with Crippen molar-refractivity contribution in [3.05, 3.63) is 17.8 Å². The summed E-state index contributed by atoms with van der Waals surface area (Å²) >= 11 is 0. The van der Waals surface area contributed by atoms with E-state index in [1.54, 1.807) is 19.2 Å². The SMILES string of the molecule is CCOC(=O)c1cc(N)cnc1NC1C(C)(C)C1(C)C. The standard InChI is InChI=1S/C15H23N3O2/c1-6-20-12(19)10-7-9(16)8-17-11(10)18-13-14(2,3)15(13,4)5/h7-8,13H,6,16H2,1-5H3,(H,17,18). The van der Waals surface area contributed by atoms with Gasteiger partial charge in [-0.3, -0.25) is 0 Å². The summed E-state index contributed by atoms with van der Waals surface area (Å²) in [6, 6.07) is 1.87. The van der Waals surface area contributed by atoms with Crippen LogP contribution in [0.3, 0.4) is 0 Å². The molecule has 0 atom stereocenters. The molecule has 0 radical (unpaired) electrons. The van der Waals surface area contributed by atoms with Crippen molar-refractivity contribution in [2.24, 2.45) is 10.8 Å². The van der Waals surface area contributed by atoms with Crippen LogP contribution in [0.1, 0.15) is 45.0 Å². The van der Waals surface area contributed by atoms with Gasteiger partial charge in [0.2, 0.25) is 0 Å². The van der Waals surface area contributed by atoms with E-state index in [9.17, 15) is 4.79 Å². The zero-order valence-corrected chi connectivity index (χ0v) is 12.8. The van der Waals surface area contributed by atoms with Gasteiger partial charge in [-0.05, 0) is 23.8 Å². The molecule has 0 bridgehead atoms. The van der Waals surface area contributed by atoms with Crippen LogP contribution in [0.5, 0.6) is 0 Å². The van der Waals surface area contributed by atoms with E-state index in [4.69, 9.17) is 10.5 Å². The smallest absolute Gasteiger partial charge is 0.341 e. The predicted octanol–water partition coefficient (Wildman–Crippen LogP) is 2.69. The number of nitrogen functional groups attached to an aromatic ring is 1. The highest BCUT2D eigenvalue weighted by atomic mass is 16.5. The molecule has 1 aromatic rings. The molecule has 20 heavy (non-hydrogen) atoms. The molecular formula is C15H23N3O2. The third kappa shape index (κ3) is 2.21. The van der Waals surface area contributed by atoms with Gasteiger partial charge < -0.3 is 15.8 Å². The first-order chi connectivity index (χ1) is 9.21. The van der Waals surface area contributed by atoms with Crippen molar-refractivity contribution in [3.63, 3.8) is 0 Å². The van der Waals surface area contributed by atoms with Gasteiger partial charge >= 0.3 is 5.97 Å². The van der Waals surface area contributed by atoms with Crippen LogP contribution in [0.15, 0.2) is 12.3 Å². The van der Waals surface area contributed by atoms with Crippen LogP contribution in [0.25, 0.3) is 0 Å².